The zero-order chi connectivity index (χ0) is 14.4. The van der Waals surface area contributed by atoms with Gasteiger partial charge in [-0.05, 0) is 17.6 Å². The van der Waals surface area contributed by atoms with Gasteiger partial charge in [0.05, 0.1) is 6.61 Å². The van der Waals surface area contributed by atoms with E-state index in [2.05, 4.69) is 25.2 Å². The summed E-state index contributed by atoms with van der Waals surface area (Å²) in [4.78, 5) is 0. The van der Waals surface area contributed by atoms with Gasteiger partial charge >= 0.3 is 0 Å². The average molecular weight is 313 g/mol. The van der Waals surface area contributed by atoms with E-state index in [-0.39, 0.29) is 16.9 Å². The van der Waals surface area contributed by atoms with Gasteiger partial charge in [0.1, 0.15) is 5.75 Å². The molecule has 1 aromatic carbocycles. The highest BCUT2D eigenvalue weighted by atomic mass is 32.2. The molecule has 0 aliphatic carbocycles. The molecule has 1 aliphatic rings. The van der Waals surface area contributed by atoms with E-state index in [4.69, 9.17) is 9.84 Å². The fourth-order valence-corrected chi connectivity index (χ4v) is 5.30. The van der Waals surface area contributed by atoms with Crippen molar-refractivity contribution < 1.29 is 9.84 Å². The summed E-state index contributed by atoms with van der Waals surface area (Å²) in [5.74, 6) is 3.03. The van der Waals surface area contributed by atoms with Crippen LogP contribution in [0, 0.1) is 0 Å². The number of fused-ring (bicyclic) bond motifs is 1. The van der Waals surface area contributed by atoms with Gasteiger partial charge in [-0.1, -0.05) is 32.0 Å². The second-order valence-corrected chi connectivity index (χ2v) is 7.93. The van der Waals surface area contributed by atoms with Crippen LogP contribution in [0.15, 0.2) is 24.3 Å². The Morgan fingerprint density at radius 1 is 1.30 bits per heavy atom. The number of nitrogens with one attached hydrogen (secondary N) is 1. The van der Waals surface area contributed by atoms with Crippen molar-refractivity contribution in [1.82, 2.24) is 5.32 Å². The van der Waals surface area contributed by atoms with Crippen molar-refractivity contribution in [1.29, 1.82) is 0 Å². The Labute approximate surface area is 129 Å². The van der Waals surface area contributed by atoms with Crippen molar-refractivity contribution in [2.24, 2.45) is 0 Å². The summed E-state index contributed by atoms with van der Waals surface area (Å²) >= 11 is 3.73. The normalized spacial score (nSPS) is 20.2. The van der Waals surface area contributed by atoms with E-state index < -0.39 is 0 Å². The molecule has 0 amide bonds. The average Bonchev–Trinajstić information content (AvgIpc) is 2.45. The van der Waals surface area contributed by atoms with Gasteiger partial charge in [0, 0.05) is 24.6 Å². The van der Waals surface area contributed by atoms with Gasteiger partial charge in [-0.2, -0.15) is 0 Å². The Hall–Kier alpha value is -0.360. The summed E-state index contributed by atoms with van der Waals surface area (Å²) in [7, 11) is 0. The third kappa shape index (κ3) is 3.64. The highest BCUT2D eigenvalue weighted by molar-refractivity contribution is 8.18. The van der Waals surface area contributed by atoms with E-state index in [9.17, 15) is 0 Å². The molecule has 0 bridgehead atoms. The Bertz CT molecular complexity index is 422. The molecule has 2 rings (SSSR count). The van der Waals surface area contributed by atoms with Crippen molar-refractivity contribution in [3.8, 4) is 5.75 Å². The van der Waals surface area contributed by atoms with Crippen LogP contribution in [-0.4, -0.2) is 34.0 Å². The minimum absolute atomic E-state index is 0.161. The van der Waals surface area contributed by atoms with Crippen LogP contribution in [0.5, 0.6) is 5.75 Å². The zero-order valence-electron chi connectivity index (χ0n) is 12.1. The number of hydrogen-bond acceptors (Lipinski definition) is 5. The first-order valence-electron chi connectivity index (χ1n) is 7.14. The van der Waals surface area contributed by atoms with Crippen LogP contribution < -0.4 is 10.1 Å². The van der Waals surface area contributed by atoms with Crippen LogP contribution in [0.25, 0.3) is 0 Å². The van der Waals surface area contributed by atoms with E-state index in [1.807, 2.05) is 41.7 Å². The molecule has 5 heteroatoms. The summed E-state index contributed by atoms with van der Waals surface area (Å²) in [6.45, 7) is 5.11. The number of rotatable bonds is 7. The number of ether oxygens (including phenoxy) is 1. The van der Waals surface area contributed by atoms with Gasteiger partial charge in [-0.25, -0.2) is 0 Å². The molecule has 1 heterocycles. The molecule has 0 radical (unpaired) electrons. The van der Waals surface area contributed by atoms with E-state index in [0.29, 0.717) is 6.54 Å². The predicted octanol–water partition coefficient (Wildman–Crippen LogP) is 3.25. The molecule has 0 spiro atoms. The lowest BCUT2D eigenvalue weighted by Crippen LogP contribution is -2.40. The highest BCUT2D eigenvalue weighted by Crippen LogP contribution is 2.50. The molecule has 2 N–H and O–H groups in total. The number of aliphatic hydroxyl groups excluding tert-OH is 1. The van der Waals surface area contributed by atoms with Crippen LogP contribution >= 0.6 is 23.5 Å². The largest absolute Gasteiger partial charge is 0.467 e. The summed E-state index contributed by atoms with van der Waals surface area (Å²) < 4.78 is 6.12. The second-order valence-electron chi connectivity index (χ2n) is 4.62. The number of aliphatic hydroxyl groups is 1. The van der Waals surface area contributed by atoms with E-state index in [0.717, 1.165) is 23.7 Å². The number of hydrogen-bond donors (Lipinski definition) is 2. The summed E-state index contributed by atoms with van der Waals surface area (Å²) in [5.41, 5.74) is 1.20. The van der Waals surface area contributed by atoms with Crippen molar-refractivity contribution in [3.05, 3.63) is 29.8 Å². The molecule has 1 atom stereocenters. The van der Waals surface area contributed by atoms with Gasteiger partial charge in [-0.15, -0.1) is 23.5 Å². The molecule has 1 unspecified atom stereocenters. The standard InChI is InChI=1S/C15H23NO2S2/c1-3-19-15(20-4-2)11-13(16-9-10-17)12-7-5-6-8-14(12)18-15/h5-8,13,16-17H,3-4,9-11H2,1-2H3. The molecule has 112 valence electrons. The first-order chi connectivity index (χ1) is 9.74. The van der Waals surface area contributed by atoms with E-state index in [1.165, 1.54) is 5.56 Å². The summed E-state index contributed by atoms with van der Waals surface area (Å²) in [6.07, 6.45) is 0.918. The fraction of sp³-hybridized carbons (Fsp3) is 0.600. The molecule has 0 saturated carbocycles. The van der Waals surface area contributed by atoms with Gasteiger partial charge in [-0.3, -0.25) is 0 Å². The van der Waals surface area contributed by atoms with Crippen molar-refractivity contribution in [2.45, 2.75) is 30.6 Å². The monoisotopic (exact) mass is 313 g/mol. The third-order valence-corrected chi connectivity index (χ3v) is 5.91. The molecule has 1 aliphatic heterocycles. The first-order valence-corrected chi connectivity index (χ1v) is 9.12. The molecular weight excluding hydrogens is 290 g/mol. The maximum Gasteiger partial charge on any atom is 0.203 e. The molecule has 0 aromatic heterocycles. The lowest BCUT2D eigenvalue weighted by atomic mass is 10.0. The minimum Gasteiger partial charge on any atom is -0.467 e. The van der Waals surface area contributed by atoms with Crippen LogP contribution in [-0.2, 0) is 0 Å². The number of thioether (sulfide) groups is 2. The number of benzene rings is 1. The fourth-order valence-electron chi connectivity index (χ4n) is 2.51. The quantitative estimate of drug-likeness (QED) is 0.756. The SMILES string of the molecule is CCSC1(SCC)CC(NCCO)c2ccccc2O1. The highest BCUT2D eigenvalue weighted by Gasteiger charge is 2.41. The van der Waals surface area contributed by atoms with Gasteiger partial charge in [0.15, 0.2) is 0 Å². The summed E-state index contributed by atoms with van der Waals surface area (Å²) in [5, 5.41) is 12.5. The minimum atomic E-state index is -0.217. The lowest BCUT2D eigenvalue weighted by Gasteiger charge is -2.41. The first kappa shape index (κ1) is 16.0. The molecule has 20 heavy (non-hydrogen) atoms. The smallest absolute Gasteiger partial charge is 0.203 e. The van der Waals surface area contributed by atoms with Crippen molar-refractivity contribution in [3.63, 3.8) is 0 Å². The summed E-state index contributed by atoms with van der Waals surface area (Å²) in [6, 6.07) is 8.46. The molecule has 0 fully saturated rings. The van der Waals surface area contributed by atoms with E-state index in [1.54, 1.807) is 0 Å². The Morgan fingerprint density at radius 3 is 2.65 bits per heavy atom. The van der Waals surface area contributed by atoms with Crippen LogP contribution in [0.4, 0.5) is 0 Å². The second kappa shape index (κ2) is 7.59. The van der Waals surface area contributed by atoms with Gasteiger partial charge < -0.3 is 15.2 Å². The van der Waals surface area contributed by atoms with Gasteiger partial charge in [0.25, 0.3) is 0 Å². The van der Waals surface area contributed by atoms with Gasteiger partial charge in [0.2, 0.25) is 4.27 Å². The molecule has 3 nitrogen and oxygen atoms in total. The lowest BCUT2D eigenvalue weighted by molar-refractivity contribution is 0.190. The Morgan fingerprint density at radius 2 is 2.00 bits per heavy atom. The maximum atomic E-state index is 9.08. The topological polar surface area (TPSA) is 41.5 Å². The molecular formula is C15H23NO2S2. The molecule has 0 saturated heterocycles. The van der Waals surface area contributed by atoms with Crippen molar-refractivity contribution in [2.75, 3.05) is 24.7 Å². The third-order valence-electron chi connectivity index (χ3n) is 3.25. The van der Waals surface area contributed by atoms with Crippen LogP contribution in [0.3, 0.4) is 0 Å². The van der Waals surface area contributed by atoms with Crippen molar-refractivity contribution >= 4 is 23.5 Å². The Balaban J connectivity index is 2.27. The molecule has 1 aromatic rings. The number of para-hydroxylation sites is 1. The van der Waals surface area contributed by atoms with Crippen LogP contribution in [0.1, 0.15) is 31.9 Å². The van der Waals surface area contributed by atoms with Crippen LogP contribution in [0.2, 0.25) is 0 Å². The Kier molecular flexibility index (Phi) is 6.08. The maximum absolute atomic E-state index is 9.08. The predicted molar refractivity (Wildman–Crippen MR) is 88.5 cm³/mol. The zero-order valence-corrected chi connectivity index (χ0v) is 13.7. The van der Waals surface area contributed by atoms with E-state index >= 15 is 0 Å².